The van der Waals surface area contributed by atoms with Crippen LogP contribution in [0.25, 0.3) is 0 Å². The van der Waals surface area contributed by atoms with Gasteiger partial charge in [-0.05, 0) is 6.42 Å². The third-order valence-corrected chi connectivity index (χ3v) is 3.36. The second-order valence-corrected chi connectivity index (χ2v) is 5.54. The topological polar surface area (TPSA) is 83.8 Å². The number of rotatable bonds is 7. The monoisotopic (exact) mass is 272 g/mol. The minimum absolute atomic E-state index is 0.158. The first-order valence-corrected chi connectivity index (χ1v) is 7.41. The Morgan fingerprint density at radius 2 is 1.94 bits per heavy atom. The molecule has 2 N–H and O–H groups in total. The lowest BCUT2D eigenvalue weighted by molar-refractivity contribution is 0.0574. The van der Waals surface area contributed by atoms with Crippen LogP contribution in [0.4, 0.5) is 0 Å². The maximum atomic E-state index is 12.0. The van der Waals surface area contributed by atoms with Crippen LogP contribution in [0.15, 0.2) is 30.3 Å². The van der Waals surface area contributed by atoms with Crippen molar-refractivity contribution in [3.63, 3.8) is 0 Å². The van der Waals surface area contributed by atoms with Crippen molar-refractivity contribution in [3.05, 3.63) is 35.9 Å². The smallest absolute Gasteiger partial charge is 0.358 e. The summed E-state index contributed by atoms with van der Waals surface area (Å²) in [5.74, 6) is -2.38. The summed E-state index contributed by atoms with van der Waals surface area (Å²) in [7, 11) is -4.61. The second-order valence-electron chi connectivity index (χ2n) is 3.90. The van der Waals surface area contributed by atoms with E-state index in [1.54, 1.807) is 18.2 Å². The lowest BCUT2D eigenvalue weighted by Crippen LogP contribution is -2.25. The third kappa shape index (κ3) is 4.35. The van der Waals surface area contributed by atoms with E-state index in [-0.39, 0.29) is 12.2 Å². The molecule has 1 aromatic carbocycles. The van der Waals surface area contributed by atoms with Crippen LogP contribution < -0.4 is 0 Å². The molecule has 0 saturated carbocycles. The summed E-state index contributed by atoms with van der Waals surface area (Å²) < 4.78 is 16.3. The van der Waals surface area contributed by atoms with Crippen LogP contribution in [0.5, 0.6) is 0 Å². The number of unbranched alkanes of at least 4 members (excludes halogenated alkanes) is 1. The van der Waals surface area contributed by atoms with Crippen molar-refractivity contribution in [2.45, 2.75) is 25.6 Å². The number of ketones is 1. The lowest BCUT2D eigenvalue weighted by atomic mass is 10.1. The molecule has 0 spiro atoms. The van der Waals surface area contributed by atoms with E-state index >= 15 is 0 Å². The van der Waals surface area contributed by atoms with Crippen molar-refractivity contribution in [1.29, 1.82) is 0 Å². The molecule has 0 saturated heterocycles. The highest BCUT2D eigenvalue weighted by Crippen LogP contribution is 2.43. The molecule has 0 bridgehead atoms. The molecule has 0 aliphatic rings. The minimum atomic E-state index is -4.61. The number of carbonyl (C=O) groups excluding carboxylic acids is 1. The van der Waals surface area contributed by atoms with Crippen molar-refractivity contribution in [2.75, 3.05) is 6.61 Å². The van der Waals surface area contributed by atoms with Crippen molar-refractivity contribution < 1.29 is 23.9 Å². The Labute approximate surface area is 106 Å². The molecule has 1 unspecified atom stereocenters. The van der Waals surface area contributed by atoms with Gasteiger partial charge in [-0.15, -0.1) is 0 Å². The Balaban J connectivity index is 2.84. The van der Waals surface area contributed by atoms with Gasteiger partial charge in [0.05, 0.1) is 0 Å². The quantitative estimate of drug-likeness (QED) is 0.451. The van der Waals surface area contributed by atoms with Gasteiger partial charge in [-0.25, -0.2) is 0 Å². The molecule has 5 nitrogen and oxygen atoms in total. The number of benzene rings is 1. The third-order valence-electron chi connectivity index (χ3n) is 2.36. The molecular formula is C12H17O5P. The van der Waals surface area contributed by atoms with Crippen molar-refractivity contribution in [3.8, 4) is 0 Å². The van der Waals surface area contributed by atoms with E-state index < -0.39 is 19.2 Å². The minimum Gasteiger partial charge on any atom is -0.358 e. The van der Waals surface area contributed by atoms with Gasteiger partial charge in [0.2, 0.25) is 11.6 Å². The molecular weight excluding hydrogens is 255 g/mol. The Morgan fingerprint density at radius 1 is 1.33 bits per heavy atom. The van der Waals surface area contributed by atoms with Crippen molar-refractivity contribution in [2.24, 2.45) is 0 Å². The fourth-order valence-corrected chi connectivity index (χ4v) is 2.16. The Morgan fingerprint density at radius 3 is 2.44 bits per heavy atom. The first-order chi connectivity index (χ1) is 8.46. The number of Topliss-reactive ketones (excluding diaryl/α,β-unsaturated/α-hetero) is 1. The maximum absolute atomic E-state index is 12.0. The Bertz CT molecular complexity index is 425. The molecule has 1 aromatic rings. The van der Waals surface area contributed by atoms with E-state index in [2.05, 4.69) is 0 Å². The highest BCUT2D eigenvalue weighted by Gasteiger charge is 2.36. The number of ether oxygens (including phenoxy) is 1. The van der Waals surface area contributed by atoms with Crippen LogP contribution in [0.3, 0.4) is 0 Å². The zero-order valence-electron chi connectivity index (χ0n) is 10.2. The van der Waals surface area contributed by atoms with Crippen LogP contribution in [-0.4, -0.2) is 28.0 Å². The predicted molar refractivity (Wildman–Crippen MR) is 67.5 cm³/mol. The molecule has 1 atom stereocenters. The van der Waals surface area contributed by atoms with Crippen LogP contribution in [0, 0.1) is 0 Å². The normalized spacial score (nSPS) is 13.3. The Hall–Kier alpha value is -1.00. The molecule has 18 heavy (non-hydrogen) atoms. The molecule has 100 valence electrons. The van der Waals surface area contributed by atoms with Crippen LogP contribution in [0.2, 0.25) is 0 Å². The van der Waals surface area contributed by atoms with E-state index in [4.69, 9.17) is 4.74 Å². The average molecular weight is 272 g/mol. The van der Waals surface area contributed by atoms with Gasteiger partial charge < -0.3 is 14.5 Å². The number of carbonyl (C=O) groups is 1. The summed E-state index contributed by atoms with van der Waals surface area (Å²) in [4.78, 5) is 30.3. The maximum Gasteiger partial charge on any atom is 0.362 e. The molecule has 0 aromatic heterocycles. The summed E-state index contributed by atoms with van der Waals surface area (Å²) in [6, 6.07) is 8.01. The molecule has 1 rings (SSSR count). The standard InChI is InChI=1S/C12H17O5P/c1-2-3-9-17-12(18(14,15)16)11(13)10-7-5-4-6-8-10/h4-8,12H,2-3,9H2,1H3,(H2,14,15,16). The van der Waals surface area contributed by atoms with Crippen LogP contribution >= 0.6 is 7.60 Å². The SMILES string of the molecule is CCCCOC(C(=O)c1ccccc1)P(=O)(O)O. The van der Waals surface area contributed by atoms with Gasteiger partial charge >= 0.3 is 7.60 Å². The highest BCUT2D eigenvalue weighted by molar-refractivity contribution is 7.53. The zero-order valence-corrected chi connectivity index (χ0v) is 11.0. The van der Waals surface area contributed by atoms with Crippen LogP contribution in [0.1, 0.15) is 30.1 Å². The average Bonchev–Trinajstić information content (AvgIpc) is 2.33. The summed E-state index contributed by atoms with van der Waals surface area (Å²) >= 11 is 0. The zero-order chi connectivity index (χ0) is 13.6. The molecule has 0 fully saturated rings. The highest BCUT2D eigenvalue weighted by atomic mass is 31.2. The van der Waals surface area contributed by atoms with Gasteiger partial charge in [0.25, 0.3) is 0 Å². The number of hydrogen-bond acceptors (Lipinski definition) is 3. The summed E-state index contributed by atoms with van der Waals surface area (Å²) in [5.41, 5.74) is 0.238. The second kappa shape index (κ2) is 6.81. The van der Waals surface area contributed by atoms with E-state index in [9.17, 15) is 19.1 Å². The van der Waals surface area contributed by atoms with Gasteiger partial charge in [0.1, 0.15) is 0 Å². The van der Waals surface area contributed by atoms with Gasteiger partial charge in [-0.1, -0.05) is 43.7 Å². The van der Waals surface area contributed by atoms with Crippen LogP contribution in [-0.2, 0) is 9.30 Å². The van der Waals surface area contributed by atoms with Gasteiger partial charge in [-0.2, -0.15) is 0 Å². The molecule has 0 heterocycles. The molecule has 0 radical (unpaired) electrons. The fourth-order valence-electron chi connectivity index (χ4n) is 1.41. The fraction of sp³-hybridized carbons (Fsp3) is 0.417. The van der Waals surface area contributed by atoms with E-state index in [1.165, 1.54) is 12.1 Å². The first kappa shape index (κ1) is 15.1. The van der Waals surface area contributed by atoms with Gasteiger partial charge in [0, 0.05) is 12.2 Å². The Kier molecular flexibility index (Phi) is 5.69. The molecule has 0 aliphatic carbocycles. The summed E-state index contributed by atoms with van der Waals surface area (Å²) in [6.45, 7) is 2.08. The van der Waals surface area contributed by atoms with Crippen molar-refractivity contribution >= 4 is 13.4 Å². The first-order valence-electron chi connectivity index (χ1n) is 5.73. The summed E-state index contributed by atoms with van der Waals surface area (Å²) in [5, 5.41) is 0. The van der Waals surface area contributed by atoms with E-state index in [1.807, 2.05) is 6.92 Å². The molecule has 0 aliphatic heterocycles. The lowest BCUT2D eigenvalue weighted by Gasteiger charge is -2.17. The summed E-state index contributed by atoms with van der Waals surface area (Å²) in [6.07, 6.45) is 1.48. The van der Waals surface area contributed by atoms with E-state index in [0.29, 0.717) is 6.42 Å². The molecule has 6 heteroatoms. The van der Waals surface area contributed by atoms with Gasteiger partial charge in [0.15, 0.2) is 0 Å². The van der Waals surface area contributed by atoms with Crippen molar-refractivity contribution in [1.82, 2.24) is 0 Å². The predicted octanol–water partition coefficient (Wildman–Crippen LogP) is 2.19. The van der Waals surface area contributed by atoms with E-state index in [0.717, 1.165) is 6.42 Å². The number of hydrogen-bond donors (Lipinski definition) is 2. The molecule has 0 amide bonds. The largest absolute Gasteiger partial charge is 0.362 e. The van der Waals surface area contributed by atoms with Gasteiger partial charge in [-0.3, -0.25) is 9.36 Å².